The highest BCUT2D eigenvalue weighted by Crippen LogP contribution is 2.70. The maximum atomic E-state index is 11.3. The van der Waals surface area contributed by atoms with Crippen LogP contribution in [0.3, 0.4) is 0 Å². The Morgan fingerprint density at radius 3 is 2.73 bits per heavy atom. The monoisotopic (exact) mass is 341 g/mol. The van der Waals surface area contributed by atoms with Gasteiger partial charge in [0, 0.05) is 23.9 Å². The molecule has 22 heavy (non-hydrogen) atoms. The number of nitrogens with zero attached hydrogens (tertiary/aromatic N) is 1. The summed E-state index contributed by atoms with van der Waals surface area (Å²) in [5.74, 6) is 0. The van der Waals surface area contributed by atoms with Crippen LogP contribution in [0, 0.1) is 5.41 Å². The maximum absolute atomic E-state index is 11.3. The summed E-state index contributed by atoms with van der Waals surface area (Å²) in [5, 5.41) is 20.7. The molecule has 3 rings (SSSR count). The highest BCUT2D eigenvalue weighted by molar-refractivity contribution is 6.42. The van der Waals surface area contributed by atoms with Crippen molar-refractivity contribution in [3.8, 4) is 0 Å². The first kappa shape index (κ1) is 15.7. The second-order valence-corrected chi connectivity index (χ2v) is 6.99. The second-order valence-electron chi connectivity index (χ2n) is 6.18. The van der Waals surface area contributed by atoms with Crippen LogP contribution >= 0.6 is 23.2 Å². The van der Waals surface area contributed by atoms with Crippen molar-refractivity contribution in [1.82, 2.24) is 4.90 Å². The molecule has 2 fully saturated rings. The smallest absolute Gasteiger partial charge is 0.407 e. The Balaban J connectivity index is 2.01. The minimum atomic E-state index is -0.953. The summed E-state index contributed by atoms with van der Waals surface area (Å²) < 4.78 is 0. The minimum Gasteiger partial charge on any atom is -0.465 e. The molecule has 1 unspecified atom stereocenters. The molecule has 0 radical (unpaired) electrons. The van der Waals surface area contributed by atoms with Crippen LogP contribution < -0.4 is 0 Å². The van der Waals surface area contributed by atoms with Crippen molar-refractivity contribution in [2.75, 3.05) is 13.1 Å². The maximum Gasteiger partial charge on any atom is 0.407 e. The summed E-state index contributed by atoms with van der Waals surface area (Å²) >= 11 is 12.1. The van der Waals surface area contributed by atoms with Crippen molar-refractivity contribution in [3.63, 3.8) is 0 Å². The predicted molar refractivity (Wildman–Crippen MR) is 85.6 cm³/mol. The molecule has 6 heteroatoms. The summed E-state index contributed by atoms with van der Waals surface area (Å²) in [7, 11) is 0. The van der Waals surface area contributed by atoms with Gasteiger partial charge in [-0.1, -0.05) is 35.3 Å². The van der Waals surface area contributed by atoms with Crippen LogP contribution in [0.1, 0.15) is 18.4 Å². The summed E-state index contributed by atoms with van der Waals surface area (Å²) in [6.07, 6.45) is 1.15. The Hall–Kier alpha value is -1.23. The predicted octanol–water partition coefficient (Wildman–Crippen LogP) is 3.55. The van der Waals surface area contributed by atoms with Crippen LogP contribution in [-0.4, -0.2) is 40.4 Å². The zero-order valence-corrected chi connectivity index (χ0v) is 13.4. The van der Waals surface area contributed by atoms with Gasteiger partial charge in [0.1, 0.15) is 0 Å². The quantitative estimate of drug-likeness (QED) is 0.826. The second kappa shape index (κ2) is 5.15. The molecule has 1 amide bonds. The van der Waals surface area contributed by atoms with E-state index in [1.807, 2.05) is 12.1 Å². The Morgan fingerprint density at radius 2 is 2.14 bits per heavy atom. The van der Waals surface area contributed by atoms with Gasteiger partial charge in [0.25, 0.3) is 0 Å². The largest absolute Gasteiger partial charge is 0.465 e. The molecule has 1 heterocycles. The first-order valence-electron chi connectivity index (χ1n) is 7.10. The number of hydrogen-bond donors (Lipinski definition) is 2. The number of rotatable bonds is 3. The number of piperidine rings is 1. The standard InChI is InChI=1S/C16H17Cl2NO3/c1-2-13(20)16-8-15(16,5-6-19(9-16)14(21)22)10-3-4-11(17)12(18)7-10/h2-4,7,13,20H,1,5-6,8-9H2,(H,21,22)/t13?,15-,16-/m0/s1. The van der Waals surface area contributed by atoms with Gasteiger partial charge in [-0.15, -0.1) is 6.58 Å². The van der Waals surface area contributed by atoms with E-state index in [2.05, 4.69) is 6.58 Å². The van der Waals surface area contributed by atoms with Gasteiger partial charge in [0.05, 0.1) is 16.1 Å². The van der Waals surface area contributed by atoms with E-state index in [4.69, 9.17) is 23.2 Å². The zero-order valence-electron chi connectivity index (χ0n) is 11.9. The first-order valence-corrected chi connectivity index (χ1v) is 7.86. The van der Waals surface area contributed by atoms with Crippen molar-refractivity contribution < 1.29 is 15.0 Å². The summed E-state index contributed by atoms with van der Waals surface area (Å²) in [6, 6.07) is 5.50. The molecule has 2 aliphatic rings. The lowest BCUT2D eigenvalue weighted by Crippen LogP contribution is -2.48. The molecule has 4 nitrogen and oxygen atoms in total. The Morgan fingerprint density at radius 1 is 1.41 bits per heavy atom. The first-order chi connectivity index (χ1) is 10.4. The van der Waals surface area contributed by atoms with E-state index in [1.54, 1.807) is 6.07 Å². The third-order valence-corrected chi connectivity index (χ3v) is 6.00. The van der Waals surface area contributed by atoms with E-state index in [0.29, 0.717) is 29.6 Å². The summed E-state index contributed by atoms with van der Waals surface area (Å²) in [6.45, 7) is 4.42. The fourth-order valence-corrected chi connectivity index (χ4v) is 4.28. The van der Waals surface area contributed by atoms with Gasteiger partial charge in [-0.25, -0.2) is 4.79 Å². The van der Waals surface area contributed by atoms with Gasteiger partial charge in [-0.3, -0.25) is 0 Å². The fraction of sp³-hybridized carbons (Fsp3) is 0.438. The number of halogens is 2. The lowest BCUT2D eigenvalue weighted by Gasteiger charge is -2.38. The Bertz CT molecular complexity index is 650. The van der Waals surface area contributed by atoms with Gasteiger partial charge >= 0.3 is 6.09 Å². The van der Waals surface area contributed by atoms with E-state index in [1.165, 1.54) is 11.0 Å². The van der Waals surface area contributed by atoms with Crippen molar-refractivity contribution in [1.29, 1.82) is 0 Å². The zero-order chi connectivity index (χ0) is 16.1. The molecule has 0 bridgehead atoms. The van der Waals surface area contributed by atoms with Gasteiger partial charge in [-0.2, -0.15) is 0 Å². The van der Waals surface area contributed by atoms with Crippen LogP contribution in [0.5, 0.6) is 0 Å². The van der Waals surface area contributed by atoms with Crippen LogP contribution in [0.25, 0.3) is 0 Å². The van der Waals surface area contributed by atoms with Crippen LogP contribution in [0.2, 0.25) is 10.0 Å². The molecule has 3 atom stereocenters. The van der Waals surface area contributed by atoms with Crippen molar-refractivity contribution in [3.05, 3.63) is 46.5 Å². The number of likely N-dealkylation sites (tertiary alicyclic amines) is 1. The van der Waals surface area contributed by atoms with Crippen LogP contribution in [0.15, 0.2) is 30.9 Å². The van der Waals surface area contributed by atoms with Gasteiger partial charge in [0.2, 0.25) is 0 Å². The molecule has 1 aromatic rings. The molecule has 0 spiro atoms. The SMILES string of the molecule is C=CC(O)[C@]12CN(C(=O)O)CC[C@@]1(c1ccc(Cl)c(Cl)c1)C2. The highest BCUT2D eigenvalue weighted by Gasteiger charge is 2.72. The number of carbonyl (C=O) groups is 1. The number of aliphatic hydroxyl groups is 1. The molecule has 1 aromatic carbocycles. The molecule has 1 saturated heterocycles. The number of benzene rings is 1. The van der Waals surface area contributed by atoms with Crippen molar-refractivity contribution in [2.45, 2.75) is 24.4 Å². The molecular weight excluding hydrogens is 325 g/mol. The average molecular weight is 342 g/mol. The molecular formula is C16H17Cl2NO3. The topological polar surface area (TPSA) is 60.8 Å². The number of carboxylic acid groups (broad SMARTS) is 1. The molecule has 118 valence electrons. The lowest BCUT2D eigenvalue weighted by molar-refractivity contribution is 0.0535. The number of fused-ring (bicyclic) bond motifs is 1. The highest BCUT2D eigenvalue weighted by atomic mass is 35.5. The minimum absolute atomic E-state index is 0.263. The molecule has 1 saturated carbocycles. The average Bonchev–Trinajstić information content (AvgIpc) is 3.19. The molecule has 0 aromatic heterocycles. The Labute approximate surface area is 138 Å². The van der Waals surface area contributed by atoms with E-state index in [-0.39, 0.29) is 5.41 Å². The lowest BCUT2D eigenvalue weighted by atomic mass is 9.77. The molecule has 1 aliphatic heterocycles. The third kappa shape index (κ3) is 2.05. The van der Waals surface area contributed by atoms with Crippen molar-refractivity contribution in [2.24, 2.45) is 5.41 Å². The van der Waals surface area contributed by atoms with E-state index in [0.717, 1.165) is 12.0 Å². The summed E-state index contributed by atoms with van der Waals surface area (Å²) in [5.41, 5.74) is 0.219. The van der Waals surface area contributed by atoms with Crippen LogP contribution in [0.4, 0.5) is 4.79 Å². The van der Waals surface area contributed by atoms with Gasteiger partial charge < -0.3 is 15.1 Å². The number of hydrogen-bond acceptors (Lipinski definition) is 2. The summed E-state index contributed by atoms with van der Waals surface area (Å²) in [4.78, 5) is 12.7. The molecule has 2 N–H and O–H groups in total. The third-order valence-electron chi connectivity index (χ3n) is 5.26. The number of aliphatic hydroxyl groups excluding tert-OH is 1. The fourth-order valence-electron chi connectivity index (χ4n) is 3.98. The Kier molecular flexibility index (Phi) is 3.67. The number of amides is 1. The van der Waals surface area contributed by atoms with Crippen molar-refractivity contribution >= 4 is 29.3 Å². The normalized spacial score (nSPS) is 31.3. The molecule has 1 aliphatic carbocycles. The van der Waals surface area contributed by atoms with E-state index >= 15 is 0 Å². The van der Waals surface area contributed by atoms with E-state index in [9.17, 15) is 15.0 Å². The van der Waals surface area contributed by atoms with Crippen LogP contribution in [-0.2, 0) is 5.41 Å². The van der Waals surface area contributed by atoms with Gasteiger partial charge in [-0.05, 0) is 30.5 Å². The van der Waals surface area contributed by atoms with E-state index < -0.39 is 17.6 Å². The van der Waals surface area contributed by atoms with Gasteiger partial charge in [0.15, 0.2) is 0 Å².